The quantitative estimate of drug-likeness (QED) is 0.588. The van der Waals surface area contributed by atoms with Gasteiger partial charge in [-0.05, 0) is 52.1 Å². The predicted molar refractivity (Wildman–Crippen MR) is 129 cm³/mol. The Kier molecular flexibility index (Phi) is 8.32. The SMILES string of the molecule is CCOC(=O)[C@H]1CCCN(C2CCN(C(=O)CN3Cc4ccc(OC)cc4O[C@@H](C)C3)CC2)C1. The summed E-state index contributed by atoms with van der Waals surface area (Å²) in [7, 11) is 1.65. The number of benzene rings is 1. The highest BCUT2D eigenvalue weighted by Gasteiger charge is 2.33. The van der Waals surface area contributed by atoms with Crippen LogP contribution in [-0.2, 0) is 20.9 Å². The van der Waals surface area contributed by atoms with Crippen molar-refractivity contribution >= 4 is 11.9 Å². The summed E-state index contributed by atoms with van der Waals surface area (Å²) in [4.78, 5) is 32.0. The monoisotopic (exact) mass is 473 g/mol. The summed E-state index contributed by atoms with van der Waals surface area (Å²) in [6, 6.07) is 6.33. The fourth-order valence-corrected chi connectivity index (χ4v) is 5.51. The number of methoxy groups -OCH3 is 1. The molecule has 8 heteroatoms. The van der Waals surface area contributed by atoms with Crippen molar-refractivity contribution in [1.29, 1.82) is 0 Å². The largest absolute Gasteiger partial charge is 0.497 e. The normalized spacial score (nSPS) is 24.6. The number of fused-ring (bicyclic) bond motifs is 1. The molecule has 188 valence electrons. The van der Waals surface area contributed by atoms with Gasteiger partial charge in [0.1, 0.15) is 17.6 Å². The average Bonchev–Trinajstić information content (AvgIpc) is 3.00. The molecule has 1 aromatic rings. The number of nitrogens with zero attached hydrogens (tertiary/aromatic N) is 3. The van der Waals surface area contributed by atoms with E-state index in [1.165, 1.54) is 0 Å². The third kappa shape index (κ3) is 6.02. The minimum absolute atomic E-state index is 0.00154. The third-order valence-electron chi connectivity index (χ3n) is 7.28. The smallest absolute Gasteiger partial charge is 0.310 e. The molecule has 2 saturated heterocycles. The Balaban J connectivity index is 1.28. The van der Waals surface area contributed by atoms with E-state index in [-0.39, 0.29) is 23.9 Å². The highest BCUT2D eigenvalue weighted by molar-refractivity contribution is 5.78. The van der Waals surface area contributed by atoms with Crippen molar-refractivity contribution in [2.45, 2.75) is 58.2 Å². The lowest BCUT2D eigenvalue weighted by Crippen LogP contribution is -2.52. The molecule has 2 atom stereocenters. The molecule has 0 aliphatic carbocycles. The lowest BCUT2D eigenvalue weighted by molar-refractivity contribution is -0.150. The van der Waals surface area contributed by atoms with Gasteiger partial charge in [-0.15, -0.1) is 0 Å². The standard InChI is InChI=1S/C26H39N3O5/c1-4-33-26(31)21-6-5-11-29(17-21)22-9-12-28(13-10-22)25(30)18-27-15-19(2)34-24-14-23(32-3)8-7-20(24)16-27/h7-8,14,19,21-22H,4-6,9-13,15-18H2,1-3H3/t19-,21-/m0/s1. The molecule has 34 heavy (non-hydrogen) atoms. The first-order valence-electron chi connectivity index (χ1n) is 12.7. The first-order chi connectivity index (χ1) is 16.5. The molecule has 0 N–H and O–H groups in total. The van der Waals surface area contributed by atoms with Crippen LogP contribution in [0.5, 0.6) is 11.5 Å². The van der Waals surface area contributed by atoms with E-state index < -0.39 is 0 Å². The van der Waals surface area contributed by atoms with Gasteiger partial charge in [-0.2, -0.15) is 0 Å². The molecule has 0 bridgehead atoms. The number of esters is 1. The van der Waals surface area contributed by atoms with Crippen molar-refractivity contribution in [3.8, 4) is 11.5 Å². The van der Waals surface area contributed by atoms with E-state index in [0.717, 1.165) is 68.9 Å². The van der Waals surface area contributed by atoms with Gasteiger partial charge in [0.2, 0.25) is 5.91 Å². The van der Waals surface area contributed by atoms with Gasteiger partial charge in [0.15, 0.2) is 0 Å². The first-order valence-corrected chi connectivity index (χ1v) is 12.7. The molecule has 3 aliphatic rings. The topological polar surface area (TPSA) is 71.6 Å². The second kappa shape index (κ2) is 11.4. The van der Waals surface area contributed by atoms with Gasteiger partial charge in [-0.1, -0.05) is 6.07 Å². The summed E-state index contributed by atoms with van der Waals surface area (Å²) >= 11 is 0. The van der Waals surface area contributed by atoms with E-state index in [2.05, 4.69) is 9.80 Å². The molecule has 8 nitrogen and oxygen atoms in total. The molecule has 2 fully saturated rings. The number of carbonyl (C=O) groups excluding carboxylic acids is 2. The fraction of sp³-hybridized carbons (Fsp3) is 0.692. The maximum atomic E-state index is 13.1. The van der Waals surface area contributed by atoms with E-state index in [1.807, 2.05) is 36.9 Å². The summed E-state index contributed by atoms with van der Waals surface area (Å²) in [5, 5.41) is 0. The second-order valence-electron chi connectivity index (χ2n) is 9.77. The van der Waals surface area contributed by atoms with E-state index in [9.17, 15) is 9.59 Å². The van der Waals surface area contributed by atoms with Gasteiger partial charge >= 0.3 is 5.97 Å². The number of rotatable bonds is 6. The Hall–Kier alpha value is -2.32. The Morgan fingerprint density at radius 1 is 1.12 bits per heavy atom. The molecule has 0 unspecified atom stereocenters. The molecule has 1 aromatic carbocycles. The van der Waals surface area contributed by atoms with Crippen LogP contribution in [0.15, 0.2) is 18.2 Å². The minimum atomic E-state index is -0.0597. The number of piperidine rings is 2. The van der Waals surface area contributed by atoms with Crippen molar-refractivity contribution < 1.29 is 23.8 Å². The molecular weight excluding hydrogens is 434 g/mol. The molecule has 0 aromatic heterocycles. The van der Waals surface area contributed by atoms with Crippen molar-refractivity contribution in [3.05, 3.63) is 23.8 Å². The Bertz CT molecular complexity index is 855. The highest BCUT2D eigenvalue weighted by Crippen LogP contribution is 2.30. The van der Waals surface area contributed by atoms with Gasteiger partial charge in [-0.25, -0.2) is 0 Å². The first kappa shape index (κ1) is 24.8. The van der Waals surface area contributed by atoms with Gasteiger partial charge in [0.05, 0.1) is 26.2 Å². The van der Waals surface area contributed by atoms with Crippen molar-refractivity contribution in [2.75, 3.05) is 53.0 Å². The molecule has 4 rings (SSSR count). The van der Waals surface area contributed by atoms with Crippen LogP contribution >= 0.6 is 0 Å². The summed E-state index contributed by atoms with van der Waals surface area (Å²) in [5.41, 5.74) is 1.08. The zero-order valence-electron chi connectivity index (χ0n) is 20.8. The van der Waals surface area contributed by atoms with Crippen LogP contribution in [0.1, 0.15) is 45.1 Å². The van der Waals surface area contributed by atoms with Gasteiger partial charge in [0, 0.05) is 50.4 Å². The highest BCUT2D eigenvalue weighted by atomic mass is 16.5. The maximum Gasteiger partial charge on any atom is 0.310 e. The molecule has 3 heterocycles. The number of carbonyl (C=O) groups is 2. The number of ether oxygens (including phenoxy) is 3. The second-order valence-corrected chi connectivity index (χ2v) is 9.77. The van der Waals surface area contributed by atoms with E-state index >= 15 is 0 Å². The summed E-state index contributed by atoms with van der Waals surface area (Å²) < 4.78 is 16.7. The Labute approximate surface area is 203 Å². The summed E-state index contributed by atoms with van der Waals surface area (Å²) in [6.07, 6.45) is 3.87. The maximum absolute atomic E-state index is 13.1. The van der Waals surface area contributed by atoms with E-state index in [0.29, 0.717) is 32.3 Å². The summed E-state index contributed by atoms with van der Waals surface area (Å²) in [6.45, 7) is 9.51. The van der Waals surface area contributed by atoms with Crippen LogP contribution in [0, 0.1) is 5.92 Å². The van der Waals surface area contributed by atoms with Crippen LogP contribution in [0.4, 0.5) is 0 Å². The number of amides is 1. The number of hydrogen-bond acceptors (Lipinski definition) is 7. The van der Waals surface area contributed by atoms with Crippen LogP contribution in [0.25, 0.3) is 0 Å². The lowest BCUT2D eigenvalue weighted by atomic mass is 9.94. The van der Waals surface area contributed by atoms with Gasteiger partial charge in [-0.3, -0.25) is 19.4 Å². The molecule has 0 saturated carbocycles. The molecule has 1 amide bonds. The summed E-state index contributed by atoms with van der Waals surface area (Å²) in [5.74, 6) is 1.73. The predicted octanol–water partition coefficient (Wildman–Crippen LogP) is 2.54. The average molecular weight is 474 g/mol. The van der Waals surface area contributed by atoms with Crippen molar-refractivity contribution in [3.63, 3.8) is 0 Å². The van der Waals surface area contributed by atoms with Gasteiger partial charge < -0.3 is 19.1 Å². The fourth-order valence-electron chi connectivity index (χ4n) is 5.51. The minimum Gasteiger partial charge on any atom is -0.497 e. The van der Waals surface area contributed by atoms with Crippen LogP contribution in [-0.4, -0.2) is 91.7 Å². The zero-order valence-corrected chi connectivity index (χ0v) is 20.8. The van der Waals surface area contributed by atoms with E-state index in [4.69, 9.17) is 14.2 Å². The number of likely N-dealkylation sites (tertiary alicyclic amines) is 2. The van der Waals surface area contributed by atoms with E-state index in [1.54, 1.807) is 7.11 Å². The molecule has 3 aliphatic heterocycles. The Morgan fingerprint density at radius 3 is 2.65 bits per heavy atom. The van der Waals surface area contributed by atoms with Gasteiger partial charge in [0.25, 0.3) is 0 Å². The van der Waals surface area contributed by atoms with Crippen LogP contribution < -0.4 is 9.47 Å². The van der Waals surface area contributed by atoms with Crippen molar-refractivity contribution in [1.82, 2.24) is 14.7 Å². The molecule has 0 spiro atoms. The van der Waals surface area contributed by atoms with Crippen molar-refractivity contribution in [2.24, 2.45) is 5.92 Å². The lowest BCUT2D eigenvalue weighted by Gasteiger charge is -2.42. The van der Waals surface area contributed by atoms with Crippen LogP contribution in [0.3, 0.4) is 0 Å². The Morgan fingerprint density at radius 2 is 1.91 bits per heavy atom. The molecular formula is C26H39N3O5. The third-order valence-corrected chi connectivity index (χ3v) is 7.28. The number of hydrogen-bond donors (Lipinski definition) is 0. The zero-order chi connectivity index (χ0) is 24.1. The molecule has 0 radical (unpaired) electrons. The van der Waals surface area contributed by atoms with Crippen LogP contribution in [0.2, 0.25) is 0 Å².